The Kier molecular flexibility index (Phi) is 4.54. The molecule has 1 aromatic rings. The molecule has 1 rings (SSSR count). The van der Waals surface area contributed by atoms with Gasteiger partial charge in [-0.25, -0.2) is 13.1 Å². The Hall–Kier alpha value is -1.60. The Morgan fingerprint density at radius 3 is 2.21 bits per heavy atom. The first-order valence-electron chi connectivity index (χ1n) is 5.76. The lowest BCUT2D eigenvalue weighted by Gasteiger charge is -2.20. The van der Waals surface area contributed by atoms with Crippen molar-refractivity contribution in [2.75, 3.05) is 12.3 Å². The number of hydrogen-bond donors (Lipinski definition) is 3. The van der Waals surface area contributed by atoms with E-state index in [1.54, 1.807) is 0 Å². The molecule has 0 heterocycles. The number of rotatable bonds is 4. The maximum absolute atomic E-state index is 11.9. The first-order chi connectivity index (χ1) is 8.60. The molecule has 0 unspecified atom stereocenters. The zero-order chi connectivity index (χ0) is 14.7. The Labute approximate surface area is 113 Å². The molecule has 0 atom stereocenters. The van der Waals surface area contributed by atoms with Crippen LogP contribution in [0.15, 0.2) is 29.2 Å². The van der Waals surface area contributed by atoms with Crippen molar-refractivity contribution in [2.45, 2.75) is 31.2 Å². The summed E-state index contributed by atoms with van der Waals surface area (Å²) in [6.07, 6.45) is 0. The highest BCUT2D eigenvalue weighted by atomic mass is 32.2. The first kappa shape index (κ1) is 15.5. The molecule has 6 nitrogen and oxygen atoms in total. The Morgan fingerprint density at radius 1 is 1.21 bits per heavy atom. The molecule has 0 saturated heterocycles. The molecular formula is C12H19N3O3S. The summed E-state index contributed by atoms with van der Waals surface area (Å²) in [5.74, 6) is -0.383. The van der Waals surface area contributed by atoms with Gasteiger partial charge < -0.3 is 11.1 Å². The van der Waals surface area contributed by atoms with Crippen LogP contribution in [0.4, 0.5) is 5.69 Å². The highest BCUT2D eigenvalue weighted by Gasteiger charge is 2.18. The summed E-state index contributed by atoms with van der Waals surface area (Å²) in [4.78, 5) is 11.6. The van der Waals surface area contributed by atoms with Crippen molar-refractivity contribution >= 4 is 21.6 Å². The monoisotopic (exact) mass is 285 g/mol. The number of nitrogens with two attached hydrogens (primary N) is 1. The molecule has 7 heteroatoms. The first-order valence-corrected chi connectivity index (χ1v) is 7.25. The van der Waals surface area contributed by atoms with Crippen molar-refractivity contribution in [3.63, 3.8) is 0 Å². The topological polar surface area (TPSA) is 101 Å². The molecule has 1 amide bonds. The van der Waals surface area contributed by atoms with Gasteiger partial charge in [0.15, 0.2) is 0 Å². The van der Waals surface area contributed by atoms with E-state index in [-0.39, 0.29) is 17.3 Å². The van der Waals surface area contributed by atoms with Crippen LogP contribution in [0.2, 0.25) is 0 Å². The summed E-state index contributed by atoms with van der Waals surface area (Å²) in [5, 5.41) is 2.67. The zero-order valence-corrected chi connectivity index (χ0v) is 12.0. The van der Waals surface area contributed by atoms with Gasteiger partial charge >= 0.3 is 0 Å². The van der Waals surface area contributed by atoms with Gasteiger partial charge in [-0.3, -0.25) is 4.79 Å². The van der Waals surface area contributed by atoms with E-state index >= 15 is 0 Å². The summed E-state index contributed by atoms with van der Waals surface area (Å²) in [7, 11) is -3.69. The minimum atomic E-state index is -3.69. The van der Waals surface area contributed by atoms with Crippen LogP contribution in [0.3, 0.4) is 0 Å². The summed E-state index contributed by atoms with van der Waals surface area (Å²) in [5.41, 5.74) is 5.56. The SMILES string of the molecule is CC(C)(C)NC(=O)CNS(=O)(=O)c1ccc(N)cc1. The minimum Gasteiger partial charge on any atom is -0.399 e. The molecule has 0 aliphatic heterocycles. The molecule has 0 aliphatic rings. The third kappa shape index (κ3) is 5.27. The average molecular weight is 285 g/mol. The number of nitrogen functional groups attached to an aromatic ring is 1. The number of carbonyl (C=O) groups is 1. The molecule has 0 saturated carbocycles. The van der Waals surface area contributed by atoms with Crippen molar-refractivity contribution in [1.82, 2.24) is 10.0 Å². The van der Waals surface area contributed by atoms with Gasteiger partial charge in [0, 0.05) is 11.2 Å². The van der Waals surface area contributed by atoms with Crippen molar-refractivity contribution in [2.24, 2.45) is 0 Å². The van der Waals surface area contributed by atoms with Crippen LogP contribution in [-0.2, 0) is 14.8 Å². The molecule has 106 valence electrons. The second kappa shape index (κ2) is 5.58. The van der Waals surface area contributed by atoms with Crippen molar-refractivity contribution in [3.05, 3.63) is 24.3 Å². The van der Waals surface area contributed by atoms with Gasteiger partial charge in [0.05, 0.1) is 11.4 Å². The average Bonchev–Trinajstić information content (AvgIpc) is 2.25. The minimum absolute atomic E-state index is 0.0743. The summed E-state index contributed by atoms with van der Waals surface area (Å²) in [6, 6.07) is 5.76. The maximum Gasteiger partial charge on any atom is 0.241 e. The van der Waals surface area contributed by atoms with Crippen LogP contribution < -0.4 is 15.8 Å². The summed E-state index contributed by atoms with van der Waals surface area (Å²) < 4.78 is 26.0. The van der Waals surface area contributed by atoms with E-state index < -0.39 is 15.6 Å². The van der Waals surface area contributed by atoms with Gasteiger partial charge in [-0.15, -0.1) is 0 Å². The fourth-order valence-electron chi connectivity index (χ4n) is 1.35. The lowest BCUT2D eigenvalue weighted by atomic mass is 10.1. The summed E-state index contributed by atoms with van der Waals surface area (Å²) in [6.45, 7) is 5.15. The lowest BCUT2D eigenvalue weighted by Crippen LogP contribution is -2.45. The van der Waals surface area contributed by atoms with Gasteiger partial charge in [0.25, 0.3) is 0 Å². The highest BCUT2D eigenvalue weighted by Crippen LogP contribution is 2.11. The molecular weight excluding hydrogens is 266 g/mol. The second-order valence-electron chi connectivity index (χ2n) is 5.19. The number of anilines is 1. The van der Waals surface area contributed by atoms with Crippen LogP contribution in [0.1, 0.15) is 20.8 Å². The maximum atomic E-state index is 11.9. The normalized spacial score (nSPS) is 12.2. The van der Waals surface area contributed by atoms with E-state index in [2.05, 4.69) is 10.0 Å². The van der Waals surface area contributed by atoms with E-state index in [9.17, 15) is 13.2 Å². The van der Waals surface area contributed by atoms with Crippen LogP contribution >= 0.6 is 0 Å². The van der Waals surface area contributed by atoms with Crippen molar-refractivity contribution in [1.29, 1.82) is 0 Å². The van der Waals surface area contributed by atoms with E-state index in [1.165, 1.54) is 24.3 Å². The van der Waals surface area contributed by atoms with E-state index in [0.29, 0.717) is 5.69 Å². The van der Waals surface area contributed by atoms with Gasteiger partial charge in [0.2, 0.25) is 15.9 Å². The predicted molar refractivity (Wildman–Crippen MR) is 73.9 cm³/mol. The molecule has 0 aliphatic carbocycles. The van der Waals surface area contributed by atoms with Gasteiger partial charge in [-0.05, 0) is 45.0 Å². The van der Waals surface area contributed by atoms with Gasteiger partial charge in [-0.2, -0.15) is 0 Å². The number of hydrogen-bond acceptors (Lipinski definition) is 4. The molecule has 0 fully saturated rings. The fourth-order valence-corrected chi connectivity index (χ4v) is 2.34. The third-order valence-corrected chi connectivity index (χ3v) is 3.54. The quantitative estimate of drug-likeness (QED) is 0.700. The smallest absolute Gasteiger partial charge is 0.241 e. The largest absolute Gasteiger partial charge is 0.399 e. The van der Waals surface area contributed by atoms with Crippen molar-refractivity contribution in [3.8, 4) is 0 Å². The standard InChI is InChI=1S/C12H19N3O3S/c1-12(2,3)15-11(16)8-14-19(17,18)10-6-4-9(13)5-7-10/h4-7,14H,8,13H2,1-3H3,(H,15,16). The van der Waals surface area contributed by atoms with Gasteiger partial charge in [-0.1, -0.05) is 0 Å². The second-order valence-corrected chi connectivity index (χ2v) is 6.96. The fraction of sp³-hybridized carbons (Fsp3) is 0.417. The van der Waals surface area contributed by atoms with Crippen LogP contribution in [0.25, 0.3) is 0 Å². The van der Waals surface area contributed by atoms with Crippen LogP contribution in [0, 0.1) is 0 Å². The number of carbonyl (C=O) groups excluding carboxylic acids is 1. The van der Waals surface area contributed by atoms with Crippen molar-refractivity contribution < 1.29 is 13.2 Å². The highest BCUT2D eigenvalue weighted by molar-refractivity contribution is 7.89. The van der Waals surface area contributed by atoms with E-state index in [4.69, 9.17) is 5.73 Å². The number of sulfonamides is 1. The van der Waals surface area contributed by atoms with E-state index in [0.717, 1.165) is 0 Å². The Balaban J connectivity index is 2.66. The predicted octanol–water partition coefficient (Wildman–Crippen LogP) is 0.462. The lowest BCUT2D eigenvalue weighted by molar-refractivity contribution is -0.121. The molecule has 19 heavy (non-hydrogen) atoms. The molecule has 4 N–H and O–H groups in total. The number of amides is 1. The van der Waals surface area contributed by atoms with Crippen LogP contribution in [-0.4, -0.2) is 26.4 Å². The third-order valence-electron chi connectivity index (χ3n) is 2.13. The molecule has 0 spiro atoms. The zero-order valence-electron chi connectivity index (χ0n) is 11.2. The molecule has 0 radical (unpaired) electrons. The number of benzene rings is 1. The van der Waals surface area contributed by atoms with Gasteiger partial charge in [0.1, 0.15) is 0 Å². The Bertz CT molecular complexity index is 545. The van der Waals surface area contributed by atoms with E-state index in [1.807, 2.05) is 20.8 Å². The molecule has 0 bridgehead atoms. The Morgan fingerprint density at radius 2 is 1.74 bits per heavy atom. The van der Waals surface area contributed by atoms with Crippen LogP contribution in [0.5, 0.6) is 0 Å². The molecule has 0 aromatic heterocycles. The number of nitrogens with one attached hydrogen (secondary N) is 2. The summed E-state index contributed by atoms with van der Waals surface area (Å²) >= 11 is 0. The molecule has 1 aromatic carbocycles.